The number of rotatable bonds is 24. The van der Waals surface area contributed by atoms with Gasteiger partial charge in [0.15, 0.2) is 5.78 Å². The van der Waals surface area contributed by atoms with Gasteiger partial charge < -0.3 is 53.5 Å². The number of aromatic nitrogens is 1. The minimum Gasteiger partial charge on any atom is -0.508 e. The molecule has 12 N–H and O–H groups in total. The summed E-state index contributed by atoms with van der Waals surface area (Å²) in [4.78, 5) is 98.1. The number of phenolic OH excluding ortho intramolecular Hbond substituents is 1. The third-order valence-corrected chi connectivity index (χ3v) is 11.2. The number of aromatic amines is 1. The average Bonchev–Trinajstić information content (AvgIpc) is 3.68. The fourth-order valence-electron chi connectivity index (χ4n) is 6.96. The van der Waals surface area contributed by atoms with Crippen molar-refractivity contribution in [3.8, 4) is 5.75 Å². The van der Waals surface area contributed by atoms with Crippen molar-refractivity contribution in [3.63, 3.8) is 0 Å². The molecule has 0 aliphatic carbocycles. The Kier molecular flexibility index (Phi) is 19.5. The molecule has 3 aromatic carbocycles. The summed E-state index contributed by atoms with van der Waals surface area (Å²) < 4.78 is 0. The molecule has 4 aromatic rings. The first-order valence-corrected chi connectivity index (χ1v) is 22.1. The zero-order valence-electron chi connectivity index (χ0n) is 37.4. The number of nitrogens with two attached hydrogens (primary N) is 2. The normalized spacial score (nSPS) is 14.5. The summed E-state index contributed by atoms with van der Waals surface area (Å²) in [5, 5.41) is 27.6. The largest absolute Gasteiger partial charge is 0.508 e. The summed E-state index contributed by atoms with van der Waals surface area (Å²) in [5.41, 5.74) is 14.7. The van der Waals surface area contributed by atoms with E-state index in [1.807, 2.05) is 24.3 Å². The Hall–Kier alpha value is -6.30. The SMILES string of the molecule is CC(=O)[C@H](C)NC(=O)[C@@H](NC(=O)[C@H](CCCCN)NC(=O)[C@@H](Cc1c[nH]c2ccccc12)NC(=O)[C@H](Cc1ccc(O)cc1)NC(=O)[C@H](C)NC(=O)[C@H](N)Cc1ccc(Cl)cc1)C(C)C. The molecule has 0 saturated heterocycles. The van der Waals surface area contributed by atoms with Gasteiger partial charge in [0.1, 0.15) is 36.0 Å². The number of H-pyrrole nitrogens is 1. The predicted molar refractivity (Wildman–Crippen MR) is 248 cm³/mol. The van der Waals surface area contributed by atoms with Crippen LogP contribution in [0.15, 0.2) is 79.0 Å². The topological polar surface area (TPSA) is 280 Å². The van der Waals surface area contributed by atoms with Crippen LogP contribution in [0.5, 0.6) is 5.75 Å². The highest BCUT2D eigenvalue weighted by Gasteiger charge is 2.34. The summed E-state index contributed by atoms with van der Waals surface area (Å²) in [6, 6.07) is 12.5. The molecule has 65 heavy (non-hydrogen) atoms. The molecule has 7 atom stereocenters. The fraction of sp³-hybridized carbons (Fsp3) is 0.426. The lowest BCUT2D eigenvalue weighted by Gasteiger charge is -2.28. The molecular weight excluding hydrogens is 854 g/mol. The van der Waals surface area contributed by atoms with E-state index < -0.39 is 83.7 Å². The van der Waals surface area contributed by atoms with E-state index in [1.165, 1.54) is 32.9 Å². The highest BCUT2D eigenvalue weighted by Crippen LogP contribution is 2.20. The van der Waals surface area contributed by atoms with E-state index >= 15 is 0 Å². The number of para-hydroxylation sites is 1. The third kappa shape index (κ3) is 15.7. The lowest BCUT2D eigenvalue weighted by molar-refractivity contribution is -0.135. The summed E-state index contributed by atoms with van der Waals surface area (Å²) in [6.07, 6.45) is 2.88. The van der Waals surface area contributed by atoms with Crippen LogP contribution >= 0.6 is 11.6 Å². The van der Waals surface area contributed by atoms with E-state index in [0.29, 0.717) is 35.5 Å². The highest BCUT2D eigenvalue weighted by atomic mass is 35.5. The van der Waals surface area contributed by atoms with Crippen molar-refractivity contribution >= 4 is 63.7 Å². The molecule has 1 heterocycles. The molecule has 0 fully saturated rings. The Morgan fingerprint density at radius 2 is 1.18 bits per heavy atom. The fourth-order valence-corrected chi connectivity index (χ4v) is 7.08. The molecule has 0 unspecified atom stereocenters. The number of aromatic hydroxyl groups is 1. The number of hydrogen-bond acceptors (Lipinski definition) is 10. The molecule has 0 radical (unpaired) electrons. The second-order valence-electron chi connectivity index (χ2n) is 16.6. The van der Waals surface area contributed by atoms with Crippen molar-refractivity contribution in [2.45, 2.75) is 115 Å². The number of nitrogens with one attached hydrogen (secondary N) is 7. The standard InChI is InChI=1S/C47H62ClN9O8/c1-26(2)41(47(65)52-27(3)29(5)58)57-44(62)38(12-8-9-21-49)54-46(64)40(24-32-25-51-37-11-7-6-10-35(32)37)56-45(63)39(23-31-15-19-34(59)20-16-31)55-42(60)28(4)53-43(61)36(50)22-30-13-17-33(48)18-14-30/h6-7,10-11,13-20,25-28,36,38-41,51,59H,8-9,12,21-24,49-50H2,1-5H3,(H,52,65)(H,53,61)(H,54,64)(H,55,60)(H,56,63)(H,57,62)/t27-,28-,36+,38-,39-,40+,41-/m0/s1. The van der Waals surface area contributed by atoms with Crippen molar-refractivity contribution < 1.29 is 38.7 Å². The van der Waals surface area contributed by atoms with E-state index in [-0.39, 0.29) is 37.2 Å². The van der Waals surface area contributed by atoms with Gasteiger partial charge in [-0.1, -0.05) is 67.9 Å². The quantitative estimate of drug-likeness (QED) is 0.0458. The first-order valence-electron chi connectivity index (χ1n) is 21.7. The zero-order chi connectivity index (χ0) is 47.8. The van der Waals surface area contributed by atoms with Crippen LogP contribution in [0.25, 0.3) is 10.9 Å². The van der Waals surface area contributed by atoms with E-state index in [4.69, 9.17) is 23.1 Å². The Labute approximate surface area is 383 Å². The number of carbonyl (C=O) groups excluding carboxylic acids is 7. The van der Waals surface area contributed by atoms with E-state index in [9.17, 15) is 38.7 Å². The number of benzene rings is 3. The molecule has 0 bridgehead atoms. The number of hydrogen-bond donors (Lipinski definition) is 10. The molecule has 6 amide bonds. The molecule has 17 nitrogen and oxygen atoms in total. The molecule has 0 spiro atoms. The predicted octanol–water partition coefficient (Wildman–Crippen LogP) is 2.20. The van der Waals surface area contributed by atoms with Gasteiger partial charge in [-0.3, -0.25) is 33.6 Å². The lowest BCUT2D eigenvalue weighted by atomic mass is 10.00. The van der Waals surface area contributed by atoms with Crippen LogP contribution in [0, 0.1) is 5.92 Å². The molecule has 350 valence electrons. The van der Waals surface area contributed by atoms with Crippen molar-refractivity contribution in [2.24, 2.45) is 17.4 Å². The monoisotopic (exact) mass is 915 g/mol. The van der Waals surface area contributed by atoms with Crippen LogP contribution in [0.1, 0.15) is 70.6 Å². The molecule has 18 heteroatoms. The minimum absolute atomic E-state index is 0.0171. The Balaban J connectivity index is 1.61. The number of unbranched alkanes of at least 4 members (excludes halogenated alkanes) is 1. The average molecular weight is 917 g/mol. The summed E-state index contributed by atoms with van der Waals surface area (Å²) >= 11 is 5.98. The Morgan fingerprint density at radius 1 is 0.631 bits per heavy atom. The summed E-state index contributed by atoms with van der Waals surface area (Å²) in [6.45, 7) is 8.12. The molecule has 0 saturated carbocycles. The van der Waals surface area contributed by atoms with Gasteiger partial charge in [0.05, 0.1) is 12.1 Å². The number of fused-ring (bicyclic) bond motifs is 1. The zero-order valence-corrected chi connectivity index (χ0v) is 38.2. The van der Waals surface area contributed by atoms with Crippen molar-refractivity contribution in [2.75, 3.05) is 6.54 Å². The van der Waals surface area contributed by atoms with E-state index in [1.54, 1.807) is 56.4 Å². The maximum atomic E-state index is 14.5. The second kappa shape index (κ2) is 24.7. The van der Waals surface area contributed by atoms with Crippen LogP contribution in [0.3, 0.4) is 0 Å². The Morgan fingerprint density at radius 3 is 1.82 bits per heavy atom. The number of amides is 6. The highest BCUT2D eigenvalue weighted by molar-refractivity contribution is 6.30. The Bertz CT molecular complexity index is 2270. The van der Waals surface area contributed by atoms with Crippen molar-refractivity contribution in [1.82, 2.24) is 36.9 Å². The minimum atomic E-state index is -1.31. The second-order valence-corrected chi connectivity index (χ2v) is 17.1. The molecular formula is C47H62ClN9O8. The molecule has 1 aromatic heterocycles. The first-order chi connectivity index (χ1) is 30.9. The van der Waals surface area contributed by atoms with Crippen LogP contribution in [-0.2, 0) is 52.8 Å². The van der Waals surface area contributed by atoms with E-state index in [2.05, 4.69) is 36.9 Å². The smallest absolute Gasteiger partial charge is 0.243 e. The van der Waals surface area contributed by atoms with Crippen LogP contribution in [-0.4, -0.2) is 100 Å². The van der Waals surface area contributed by atoms with Crippen molar-refractivity contribution in [3.05, 3.63) is 101 Å². The number of carbonyl (C=O) groups is 7. The van der Waals surface area contributed by atoms with Crippen LogP contribution in [0.4, 0.5) is 0 Å². The first kappa shape index (κ1) is 51.3. The van der Waals surface area contributed by atoms with Crippen LogP contribution in [0.2, 0.25) is 5.02 Å². The third-order valence-electron chi connectivity index (χ3n) is 11.0. The number of ketones is 1. The number of Topliss-reactive ketones (excluding diaryl/α,β-unsaturated/α-hetero) is 1. The maximum Gasteiger partial charge on any atom is 0.243 e. The lowest BCUT2D eigenvalue weighted by Crippen LogP contribution is -2.60. The van der Waals surface area contributed by atoms with Gasteiger partial charge in [0.25, 0.3) is 0 Å². The van der Waals surface area contributed by atoms with Gasteiger partial charge in [0, 0.05) is 35.0 Å². The van der Waals surface area contributed by atoms with Gasteiger partial charge in [-0.05, 0) is 106 Å². The van der Waals surface area contributed by atoms with Gasteiger partial charge in [-0.25, -0.2) is 0 Å². The molecule has 0 aliphatic rings. The maximum absolute atomic E-state index is 14.5. The van der Waals surface area contributed by atoms with Gasteiger partial charge in [-0.15, -0.1) is 0 Å². The van der Waals surface area contributed by atoms with Gasteiger partial charge in [-0.2, -0.15) is 0 Å². The van der Waals surface area contributed by atoms with Gasteiger partial charge in [0.2, 0.25) is 35.4 Å². The summed E-state index contributed by atoms with van der Waals surface area (Å²) in [5.74, 6) is -4.70. The van der Waals surface area contributed by atoms with E-state index in [0.717, 1.165) is 16.5 Å². The number of halogens is 1. The number of phenols is 1. The van der Waals surface area contributed by atoms with Crippen LogP contribution < -0.4 is 43.4 Å². The molecule has 0 aliphatic heterocycles. The van der Waals surface area contributed by atoms with Crippen molar-refractivity contribution in [1.29, 1.82) is 0 Å². The molecule has 4 rings (SSSR count). The summed E-state index contributed by atoms with van der Waals surface area (Å²) in [7, 11) is 0. The van der Waals surface area contributed by atoms with Gasteiger partial charge >= 0.3 is 0 Å².